The molecule has 5 aliphatic heterocycles. The molecule has 6 rings (SSSR count). The van der Waals surface area contributed by atoms with Crippen LogP contribution in [0.2, 0.25) is 0 Å². The van der Waals surface area contributed by atoms with Gasteiger partial charge in [0.25, 0.3) is 0 Å². The van der Waals surface area contributed by atoms with Crippen LogP contribution in [-0.4, -0.2) is 92.3 Å². The number of piperidine rings is 3. The van der Waals surface area contributed by atoms with Crippen LogP contribution < -0.4 is 4.74 Å². The van der Waals surface area contributed by atoms with Gasteiger partial charge in [-0.2, -0.15) is 0 Å². The van der Waals surface area contributed by atoms with Gasteiger partial charge in [-0.1, -0.05) is 12.1 Å². The van der Waals surface area contributed by atoms with Crippen LogP contribution in [0.3, 0.4) is 0 Å². The molecule has 5 aliphatic rings. The lowest BCUT2D eigenvalue weighted by molar-refractivity contribution is -0.138. The molecule has 2 bridgehead atoms. The lowest BCUT2D eigenvalue weighted by atomic mass is 9.75. The Morgan fingerprint density at radius 2 is 1.93 bits per heavy atom. The second kappa shape index (κ2) is 7.65. The van der Waals surface area contributed by atoms with E-state index in [0.29, 0.717) is 36.4 Å². The van der Waals surface area contributed by atoms with Crippen molar-refractivity contribution < 1.29 is 14.3 Å². The maximum absolute atomic E-state index is 13.3. The number of likely N-dealkylation sites (tertiary alicyclic amines) is 1. The zero-order valence-electron chi connectivity index (χ0n) is 16.8. The molecule has 5 fully saturated rings. The van der Waals surface area contributed by atoms with E-state index in [4.69, 9.17) is 9.47 Å². The molecule has 0 radical (unpaired) electrons. The van der Waals surface area contributed by atoms with E-state index in [1.165, 1.54) is 31.5 Å². The topological polar surface area (TPSA) is 45.3 Å². The summed E-state index contributed by atoms with van der Waals surface area (Å²) in [4.78, 5) is 20.5. The van der Waals surface area contributed by atoms with Crippen LogP contribution in [0.1, 0.15) is 24.3 Å². The number of hydrogen-bond donors (Lipinski definition) is 0. The van der Waals surface area contributed by atoms with Crippen molar-refractivity contribution in [1.82, 2.24) is 14.7 Å². The van der Waals surface area contributed by atoms with E-state index in [1.54, 1.807) is 7.11 Å². The van der Waals surface area contributed by atoms with E-state index in [2.05, 4.69) is 32.9 Å². The second-order valence-corrected chi connectivity index (χ2v) is 8.67. The summed E-state index contributed by atoms with van der Waals surface area (Å²) in [7, 11) is 1.72. The number of ether oxygens (including phenoxy) is 2. The molecule has 0 N–H and O–H groups in total. The number of methoxy groups -OCH3 is 1. The zero-order chi connectivity index (χ0) is 19.1. The molecule has 152 valence electrons. The van der Waals surface area contributed by atoms with Gasteiger partial charge in [0.15, 0.2) is 0 Å². The van der Waals surface area contributed by atoms with Crippen LogP contribution in [0.25, 0.3) is 0 Å². The number of morpholine rings is 1. The van der Waals surface area contributed by atoms with Crippen LogP contribution in [0.15, 0.2) is 24.3 Å². The van der Waals surface area contributed by atoms with E-state index < -0.39 is 0 Å². The highest BCUT2D eigenvalue weighted by atomic mass is 16.5. The third-order valence-corrected chi connectivity index (χ3v) is 7.30. The first-order valence-electron chi connectivity index (χ1n) is 10.7. The normalized spacial score (nSPS) is 35.0. The minimum Gasteiger partial charge on any atom is -0.497 e. The average molecular weight is 386 g/mol. The molecule has 3 atom stereocenters. The Bertz CT molecular complexity index is 713. The summed E-state index contributed by atoms with van der Waals surface area (Å²) in [5.41, 5.74) is 1.31. The van der Waals surface area contributed by atoms with Gasteiger partial charge < -0.3 is 14.4 Å². The molecule has 1 aromatic rings. The molecule has 1 amide bonds. The monoisotopic (exact) mass is 385 g/mol. The van der Waals surface area contributed by atoms with Gasteiger partial charge in [0.05, 0.1) is 32.9 Å². The summed E-state index contributed by atoms with van der Waals surface area (Å²) in [6, 6.07) is 9.29. The molecule has 5 heterocycles. The summed E-state index contributed by atoms with van der Waals surface area (Å²) >= 11 is 0. The van der Waals surface area contributed by atoms with Gasteiger partial charge in [-0.05, 0) is 49.5 Å². The van der Waals surface area contributed by atoms with Crippen LogP contribution in [-0.2, 0) is 9.53 Å². The van der Waals surface area contributed by atoms with Crippen molar-refractivity contribution in [3.05, 3.63) is 29.8 Å². The van der Waals surface area contributed by atoms with Gasteiger partial charge in [-0.15, -0.1) is 0 Å². The van der Waals surface area contributed by atoms with Crippen molar-refractivity contribution in [3.8, 4) is 5.75 Å². The summed E-state index contributed by atoms with van der Waals surface area (Å²) in [5.74, 6) is 2.23. The third kappa shape index (κ3) is 3.21. The lowest BCUT2D eigenvalue weighted by Gasteiger charge is -2.51. The van der Waals surface area contributed by atoms with Gasteiger partial charge in [-0.3, -0.25) is 14.6 Å². The zero-order valence-corrected chi connectivity index (χ0v) is 16.8. The quantitative estimate of drug-likeness (QED) is 0.784. The van der Waals surface area contributed by atoms with E-state index in [9.17, 15) is 4.79 Å². The highest BCUT2D eigenvalue weighted by Gasteiger charge is 2.54. The van der Waals surface area contributed by atoms with Crippen molar-refractivity contribution in [2.24, 2.45) is 5.92 Å². The SMILES string of the molecule is COc1cccc([C@H]2CN(C(=O)CN3CCOCC3)[C@@H]3C4CCN(CC4)[C@H]23)c1. The van der Waals surface area contributed by atoms with Gasteiger partial charge >= 0.3 is 0 Å². The first-order valence-corrected chi connectivity index (χ1v) is 10.7. The molecule has 0 spiro atoms. The number of hydrogen-bond acceptors (Lipinski definition) is 5. The van der Waals surface area contributed by atoms with E-state index in [0.717, 1.165) is 38.6 Å². The highest BCUT2D eigenvalue weighted by molar-refractivity contribution is 5.79. The molecule has 0 saturated carbocycles. The highest BCUT2D eigenvalue weighted by Crippen LogP contribution is 2.46. The minimum atomic E-state index is 0.302. The summed E-state index contributed by atoms with van der Waals surface area (Å²) in [6.07, 6.45) is 2.46. The Morgan fingerprint density at radius 3 is 2.68 bits per heavy atom. The van der Waals surface area contributed by atoms with Crippen molar-refractivity contribution >= 4 is 5.91 Å². The van der Waals surface area contributed by atoms with Crippen LogP contribution in [0.4, 0.5) is 0 Å². The van der Waals surface area contributed by atoms with Gasteiger partial charge in [-0.25, -0.2) is 0 Å². The van der Waals surface area contributed by atoms with Gasteiger partial charge in [0, 0.05) is 31.6 Å². The van der Waals surface area contributed by atoms with E-state index >= 15 is 0 Å². The van der Waals surface area contributed by atoms with Crippen LogP contribution in [0.5, 0.6) is 5.75 Å². The Morgan fingerprint density at radius 1 is 1.14 bits per heavy atom. The molecule has 0 unspecified atom stereocenters. The van der Waals surface area contributed by atoms with Gasteiger partial charge in [0.2, 0.25) is 5.91 Å². The van der Waals surface area contributed by atoms with Crippen LogP contribution >= 0.6 is 0 Å². The number of carbonyl (C=O) groups is 1. The fourth-order valence-electron chi connectivity index (χ4n) is 5.91. The van der Waals surface area contributed by atoms with Crippen molar-refractivity contribution in [2.75, 3.05) is 59.6 Å². The predicted molar refractivity (Wildman–Crippen MR) is 107 cm³/mol. The Labute approximate surface area is 167 Å². The maximum atomic E-state index is 13.3. The van der Waals surface area contributed by atoms with Gasteiger partial charge in [0.1, 0.15) is 5.75 Å². The predicted octanol–water partition coefficient (Wildman–Crippen LogP) is 1.42. The lowest BCUT2D eigenvalue weighted by Crippen LogP contribution is -2.61. The third-order valence-electron chi connectivity index (χ3n) is 7.30. The summed E-state index contributed by atoms with van der Waals surface area (Å²) in [6.45, 7) is 6.92. The standard InChI is InChI=1S/C22H31N3O3/c1-27-18-4-2-3-17(13-18)19-14-25(20(26)15-23-9-11-28-12-10-23)21-16-5-7-24(8-6-16)22(19)21/h2-4,13,16,19,21-22H,5-12,14-15H2,1H3/t19-,21-,22-/m1/s1. The number of benzene rings is 1. The first kappa shape index (κ1) is 18.4. The number of rotatable bonds is 4. The summed E-state index contributed by atoms with van der Waals surface area (Å²) < 4.78 is 10.9. The minimum absolute atomic E-state index is 0.302. The molecule has 0 aromatic heterocycles. The fraction of sp³-hybridized carbons (Fsp3) is 0.682. The maximum Gasteiger partial charge on any atom is 0.237 e. The number of fused-ring (bicyclic) bond motifs is 2. The smallest absolute Gasteiger partial charge is 0.237 e. The summed E-state index contributed by atoms with van der Waals surface area (Å²) in [5, 5.41) is 0. The van der Waals surface area contributed by atoms with Crippen molar-refractivity contribution in [3.63, 3.8) is 0 Å². The molecule has 6 nitrogen and oxygen atoms in total. The Kier molecular flexibility index (Phi) is 5.03. The van der Waals surface area contributed by atoms with E-state index in [1.807, 2.05) is 6.07 Å². The van der Waals surface area contributed by atoms with Crippen molar-refractivity contribution in [2.45, 2.75) is 30.8 Å². The number of carbonyl (C=O) groups excluding carboxylic acids is 1. The number of amides is 1. The fourth-order valence-corrected chi connectivity index (χ4v) is 5.91. The first-order chi connectivity index (χ1) is 13.7. The van der Waals surface area contributed by atoms with E-state index in [-0.39, 0.29) is 0 Å². The van der Waals surface area contributed by atoms with Crippen molar-refractivity contribution in [1.29, 1.82) is 0 Å². The molecular formula is C22H31N3O3. The molecule has 1 aromatic carbocycles. The molecule has 28 heavy (non-hydrogen) atoms. The van der Waals surface area contributed by atoms with Crippen LogP contribution in [0, 0.1) is 5.92 Å². The largest absolute Gasteiger partial charge is 0.497 e. The molecule has 0 aliphatic carbocycles. The second-order valence-electron chi connectivity index (χ2n) is 8.67. The molecule has 6 heteroatoms. The number of nitrogens with zero attached hydrogens (tertiary/aromatic N) is 3. The Hall–Kier alpha value is -1.63. The molecular weight excluding hydrogens is 354 g/mol. The Balaban J connectivity index is 1.41. The average Bonchev–Trinajstić information content (AvgIpc) is 3.18. The molecule has 5 saturated heterocycles.